The second-order valence-electron chi connectivity index (χ2n) is 3.94. The lowest BCUT2D eigenvalue weighted by molar-refractivity contribution is -0.119. The standard InChI is InChI=1S/C9H13N5O3/c1-5(15)11-6-2-3-14(4-6)9(16)7-8(10)13-17-12-7/h6H,2-4H2,1H3,(H2,10,13)(H,11,15). The van der Waals surface area contributed by atoms with Crippen molar-refractivity contribution < 1.29 is 14.2 Å². The van der Waals surface area contributed by atoms with Gasteiger partial charge in [-0.1, -0.05) is 0 Å². The molecule has 1 atom stereocenters. The molecule has 1 aromatic rings. The number of carbonyl (C=O) groups excluding carboxylic acids is 2. The molecule has 17 heavy (non-hydrogen) atoms. The Balaban J connectivity index is 1.99. The third-order valence-electron chi connectivity index (χ3n) is 2.60. The molecule has 0 aliphatic carbocycles. The van der Waals surface area contributed by atoms with Crippen LogP contribution in [0.2, 0.25) is 0 Å². The number of nitrogens with zero attached hydrogens (tertiary/aromatic N) is 3. The summed E-state index contributed by atoms with van der Waals surface area (Å²) in [6, 6.07) is -0.0162. The fourth-order valence-electron chi connectivity index (χ4n) is 1.84. The molecule has 0 saturated carbocycles. The van der Waals surface area contributed by atoms with Crippen LogP contribution in [0.5, 0.6) is 0 Å². The number of carbonyl (C=O) groups is 2. The molecule has 1 fully saturated rings. The van der Waals surface area contributed by atoms with Gasteiger partial charge in [0.15, 0.2) is 0 Å². The predicted octanol–water partition coefficient (Wildman–Crippen LogP) is -0.998. The number of anilines is 1. The van der Waals surface area contributed by atoms with Gasteiger partial charge in [0.1, 0.15) is 0 Å². The lowest BCUT2D eigenvalue weighted by atomic mass is 10.2. The first-order chi connectivity index (χ1) is 8.08. The molecule has 1 aliphatic heterocycles. The lowest BCUT2D eigenvalue weighted by Gasteiger charge is -2.15. The highest BCUT2D eigenvalue weighted by Crippen LogP contribution is 2.15. The molecule has 0 spiro atoms. The Kier molecular flexibility index (Phi) is 2.94. The van der Waals surface area contributed by atoms with Crippen LogP contribution < -0.4 is 11.1 Å². The molecule has 1 aliphatic rings. The molecule has 8 heteroatoms. The Morgan fingerprint density at radius 2 is 2.29 bits per heavy atom. The molecule has 8 nitrogen and oxygen atoms in total. The number of aromatic nitrogens is 2. The van der Waals surface area contributed by atoms with Crippen molar-refractivity contribution in [3.63, 3.8) is 0 Å². The fraction of sp³-hybridized carbons (Fsp3) is 0.556. The molecule has 1 aromatic heterocycles. The minimum atomic E-state index is -0.323. The molecule has 0 bridgehead atoms. The van der Waals surface area contributed by atoms with E-state index in [9.17, 15) is 9.59 Å². The smallest absolute Gasteiger partial charge is 0.280 e. The number of likely N-dealkylation sites (tertiary alicyclic amines) is 1. The highest BCUT2D eigenvalue weighted by Gasteiger charge is 2.30. The predicted molar refractivity (Wildman–Crippen MR) is 56.8 cm³/mol. The van der Waals surface area contributed by atoms with Crippen LogP contribution in [0.1, 0.15) is 23.8 Å². The summed E-state index contributed by atoms with van der Waals surface area (Å²) >= 11 is 0. The van der Waals surface area contributed by atoms with E-state index < -0.39 is 0 Å². The molecule has 0 aromatic carbocycles. The number of rotatable bonds is 2. The molecular formula is C9H13N5O3. The van der Waals surface area contributed by atoms with Crippen molar-refractivity contribution >= 4 is 17.6 Å². The Labute approximate surface area is 97.1 Å². The highest BCUT2D eigenvalue weighted by molar-refractivity contribution is 5.96. The molecular weight excluding hydrogens is 226 g/mol. The van der Waals surface area contributed by atoms with Gasteiger partial charge in [-0.3, -0.25) is 9.59 Å². The highest BCUT2D eigenvalue weighted by atomic mass is 16.6. The largest absolute Gasteiger partial charge is 0.379 e. The second-order valence-corrected chi connectivity index (χ2v) is 3.94. The molecule has 2 heterocycles. The van der Waals surface area contributed by atoms with Crippen LogP contribution in [0.15, 0.2) is 4.63 Å². The third-order valence-corrected chi connectivity index (χ3v) is 2.60. The topological polar surface area (TPSA) is 114 Å². The van der Waals surface area contributed by atoms with Crippen molar-refractivity contribution in [2.24, 2.45) is 0 Å². The number of nitrogens with one attached hydrogen (secondary N) is 1. The van der Waals surface area contributed by atoms with Crippen molar-refractivity contribution in [3.05, 3.63) is 5.69 Å². The van der Waals surface area contributed by atoms with E-state index in [0.717, 1.165) is 6.42 Å². The summed E-state index contributed by atoms with van der Waals surface area (Å²) in [7, 11) is 0. The summed E-state index contributed by atoms with van der Waals surface area (Å²) in [6.07, 6.45) is 0.719. The van der Waals surface area contributed by atoms with E-state index in [-0.39, 0.29) is 29.4 Å². The first kappa shape index (κ1) is 11.4. The third kappa shape index (κ3) is 2.35. The number of nitrogen functional groups attached to an aromatic ring is 1. The van der Waals surface area contributed by atoms with Gasteiger partial charge >= 0.3 is 0 Å². The van der Waals surface area contributed by atoms with E-state index in [1.165, 1.54) is 6.92 Å². The van der Waals surface area contributed by atoms with Crippen molar-refractivity contribution in [2.45, 2.75) is 19.4 Å². The van der Waals surface area contributed by atoms with Gasteiger partial charge in [-0.25, -0.2) is 4.63 Å². The first-order valence-electron chi connectivity index (χ1n) is 5.22. The van der Waals surface area contributed by atoms with E-state index >= 15 is 0 Å². The zero-order valence-corrected chi connectivity index (χ0v) is 9.34. The van der Waals surface area contributed by atoms with Gasteiger partial charge in [-0.15, -0.1) is 0 Å². The van der Waals surface area contributed by atoms with Crippen molar-refractivity contribution in [2.75, 3.05) is 18.8 Å². The molecule has 1 unspecified atom stereocenters. The van der Waals surface area contributed by atoms with Crippen LogP contribution in [0.3, 0.4) is 0 Å². The fourth-order valence-corrected chi connectivity index (χ4v) is 1.84. The van der Waals surface area contributed by atoms with Crippen LogP contribution >= 0.6 is 0 Å². The molecule has 3 N–H and O–H groups in total. The normalized spacial score (nSPS) is 19.4. The Morgan fingerprint density at radius 3 is 2.88 bits per heavy atom. The molecule has 92 valence electrons. The summed E-state index contributed by atoms with van der Waals surface area (Å²) in [5.41, 5.74) is 5.46. The van der Waals surface area contributed by atoms with Crippen molar-refractivity contribution in [1.29, 1.82) is 0 Å². The molecule has 1 saturated heterocycles. The van der Waals surface area contributed by atoms with E-state index in [4.69, 9.17) is 5.73 Å². The SMILES string of the molecule is CC(=O)NC1CCN(C(=O)c2nonc2N)C1. The zero-order chi connectivity index (χ0) is 12.4. The minimum absolute atomic E-state index is 0.0158. The number of hydrogen-bond acceptors (Lipinski definition) is 6. The van der Waals surface area contributed by atoms with E-state index in [0.29, 0.717) is 13.1 Å². The Bertz CT molecular complexity index is 444. The zero-order valence-electron chi connectivity index (χ0n) is 9.34. The van der Waals surface area contributed by atoms with E-state index in [2.05, 4.69) is 20.3 Å². The lowest BCUT2D eigenvalue weighted by Crippen LogP contribution is -2.37. The van der Waals surface area contributed by atoms with Crippen LogP contribution in [-0.4, -0.2) is 46.2 Å². The summed E-state index contributed by atoms with van der Waals surface area (Å²) < 4.78 is 4.38. The van der Waals surface area contributed by atoms with Gasteiger partial charge in [-0.05, 0) is 16.7 Å². The summed E-state index contributed by atoms with van der Waals surface area (Å²) in [4.78, 5) is 24.4. The molecule has 2 amide bonds. The molecule has 0 radical (unpaired) electrons. The minimum Gasteiger partial charge on any atom is -0.379 e. The van der Waals surface area contributed by atoms with Gasteiger partial charge in [0.2, 0.25) is 17.4 Å². The van der Waals surface area contributed by atoms with Gasteiger partial charge in [0.05, 0.1) is 0 Å². The van der Waals surface area contributed by atoms with Crippen LogP contribution in [0.25, 0.3) is 0 Å². The first-order valence-corrected chi connectivity index (χ1v) is 5.22. The van der Waals surface area contributed by atoms with Crippen LogP contribution in [0.4, 0.5) is 5.82 Å². The summed E-state index contributed by atoms with van der Waals surface area (Å²) in [5, 5.41) is 9.57. The average Bonchev–Trinajstić information content (AvgIpc) is 2.85. The van der Waals surface area contributed by atoms with Gasteiger partial charge in [0.25, 0.3) is 5.91 Å². The maximum absolute atomic E-state index is 11.9. The average molecular weight is 239 g/mol. The van der Waals surface area contributed by atoms with E-state index in [1.54, 1.807) is 4.90 Å². The number of amides is 2. The van der Waals surface area contributed by atoms with Crippen molar-refractivity contribution in [1.82, 2.24) is 20.5 Å². The molecule has 2 rings (SSSR count). The number of nitrogens with two attached hydrogens (primary N) is 1. The Morgan fingerprint density at radius 1 is 1.53 bits per heavy atom. The number of hydrogen-bond donors (Lipinski definition) is 2. The van der Waals surface area contributed by atoms with Gasteiger partial charge in [0, 0.05) is 26.1 Å². The van der Waals surface area contributed by atoms with E-state index in [1.807, 2.05) is 0 Å². The van der Waals surface area contributed by atoms with Crippen molar-refractivity contribution in [3.8, 4) is 0 Å². The maximum Gasteiger partial charge on any atom is 0.280 e. The Hall–Kier alpha value is -2.12. The quantitative estimate of drug-likeness (QED) is 0.684. The second kappa shape index (κ2) is 4.40. The van der Waals surface area contributed by atoms with Gasteiger partial charge in [-0.2, -0.15) is 0 Å². The maximum atomic E-state index is 11.9. The summed E-state index contributed by atoms with van der Waals surface area (Å²) in [5.74, 6) is -0.443. The van der Waals surface area contributed by atoms with Crippen LogP contribution in [-0.2, 0) is 4.79 Å². The summed E-state index contributed by atoms with van der Waals surface area (Å²) in [6.45, 7) is 2.45. The van der Waals surface area contributed by atoms with Gasteiger partial charge < -0.3 is 16.0 Å². The van der Waals surface area contributed by atoms with Crippen LogP contribution in [0, 0.1) is 0 Å². The monoisotopic (exact) mass is 239 g/mol.